The lowest BCUT2D eigenvalue weighted by Crippen LogP contribution is -2.16. The Morgan fingerprint density at radius 1 is 0.719 bits per heavy atom. The highest BCUT2D eigenvalue weighted by Crippen LogP contribution is 2.14. The van der Waals surface area contributed by atoms with Gasteiger partial charge in [-0.25, -0.2) is 0 Å². The molecule has 0 fully saturated rings. The van der Waals surface area contributed by atoms with Gasteiger partial charge >= 0.3 is 11.9 Å². The second-order valence-electron chi connectivity index (χ2n) is 8.88. The van der Waals surface area contributed by atoms with Crippen LogP contribution in [0.3, 0.4) is 0 Å². The maximum absolute atomic E-state index is 12.3. The largest absolute Gasteiger partial charge is 0.481 e. The minimum absolute atomic E-state index is 0.0887. The van der Waals surface area contributed by atoms with E-state index in [2.05, 4.69) is 32.1 Å². The fourth-order valence-corrected chi connectivity index (χ4v) is 3.66. The van der Waals surface area contributed by atoms with E-state index in [1.165, 1.54) is 51.4 Å². The number of hydrogen-bond acceptors (Lipinski definition) is 3. The van der Waals surface area contributed by atoms with Gasteiger partial charge in [-0.1, -0.05) is 96.3 Å². The number of rotatable bonds is 23. The summed E-state index contributed by atoms with van der Waals surface area (Å²) in [5.41, 5.74) is 0. The molecule has 0 aliphatic rings. The first-order chi connectivity index (χ1) is 15.6. The highest BCUT2D eigenvalue weighted by Gasteiger charge is 2.11. The van der Waals surface area contributed by atoms with E-state index < -0.39 is 5.97 Å². The van der Waals surface area contributed by atoms with Gasteiger partial charge in [0.2, 0.25) is 0 Å². The lowest BCUT2D eigenvalue weighted by molar-refractivity contribution is -0.147. The SMILES string of the molecule is CCCCC/C=C\C/C=C\C(CCCCCCC(=O)O)OC(=O)CCCCCCCCC. The molecule has 4 heteroatoms. The van der Waals surface area contributed by atoms with Crippen LogP contribution >= 0.6 is 0 Å². The Morgan fingerprint density at radius 2 is 1.31 bits per heavy atom. The number of carboxylic acids is 1. The third-order valence-corrected chi connectivity index (χ3v) is 5.66. The van der Waals surface area contributed by atoms with Crippen LogP contribution in [0.4, 0.5) is 0 Å². The standard InChI is InChI=1S/C28H50O4/c1-3-5-7-9-11-13-14-18-22-26(23-19-16-17-20-24-27(29)30)32-28(31)25-21-15-12-10-8-6-4-2/h11,13,18,22,26H,3-10,12,14-17,19-21,23-25H2,1-2H3,(H,29,30)/b13-11-,22-18-. The molecule has 0 rings (SSSR count). The molecule has 186 valence electrons. The zero-order valence-corrected chi connectivity index (χ0v) is 21.0. The second kappa shape index (κ2) is 24.1. The molecule has 0 aromatic carbocycles. The number of aliphatic carboxylic acids is 1. The Bertz CT molecular complexity index is 496. The molecule has 0 heterocycles. The summed E-state index contributed by atoms with van der Waals surface area (Å²) < 4.78 is 5.76. The van der Waals surface area contributed by atoms with Gasteiger partial charge in [-0.2, -0.15) is 0 Å². The zero-order valence-electron chi connectivity index (χ0n) is 21.0. The second-order valence-corrected chi connectivity index (χ2v) is 8.88. The van der Waals surface area contributed by atoms with Crippen LogP contribution in [0.5, 0.6) is 0 Å². The average molecular weight is 451 g/mol. The van der Waals surface area contributed by atoms with Gasteiger partial charge in [-0.15, -0.1) is 0 Å². The number of carbonyl (C=O) groups is 2. The molecule has 0 aromatic heterocycles. The minimum atomic E-state index is -0.729. The summed E-state index contributed by atoms with van der Waals surface area (Å²) in [4.78, 5) is 22.9. The predicted octanol–water partition coefficient (Wildman–Crippen LogP) is 8.55. The van der Waals surface area contributed by atoms with Crippen molar-refractivity contribution in [2.45, 2.75) is 142 Å². The number of unbranched alkanes of at least 4 members (excludes halogenated alkanes) is 12. The summed E-state index contributed by atoms with van der Waals surface area (Å²) >= 11 is 0. The van der Waals surface area contributed by atoms with Gasteiger partial charge in [0.15, 0.2) is 0 Å². The summed E-state index contributed by atoms with van der Waals surface area (Å²) in [7, 11) is 0. The first-order valence-corrected chi connectivity index (χ1v) is 13.3. The maximum Gasteiger partial charge on any atom is 0.306 e. The van der Waals surface area contributed by atoms with Gasteiger partial charge in [-0.3, -0.25) is 9.59 Å². The molecular weight excluding hydrogens is 400 g/mol. The summed E-state index contributed by atoms with van der Waals surface area (Å²) in [5.74, 6) is -0.818. The lowest BCUT2D eigenvalue weighted by Gasteiger charge is -2.14. The van der Waals surface area contributed by atoms with E-state index in [0.29, 0.717) is 6.42 Å². The van der Waals surface area contributed by atoms with Crippen molar-refractivity contribution >= 4 is 11.9 Å². The molecule has 0 radical (unpaired) electrons. The van der Waals surface area contributed by atoms with Crippen LogP contribution in [-0.4, -0.2) is 23.1 Å². The van der Waals surface area contributed by atoms with Crippen LogP contribution in [0.2, 0.25) is 0 Å². The summed E-state index contributed by atoms with van der Waals surface area (Å²) in [6.07, 6.45) is 27.7. The first kappa shape index (κ1) is 30.4. The molecule has 1 atom stereocenters. The number of hydrogen-bond donors (Lipinski definition) is 1. The highest BCUT2D eigenvalue weighted by molar-refractivity contribution is 5.69. The minimum Gasteiger partial charge on any atom is -0.481 e. The van der Waals surface area contributed by atoms with Crippen LogP contribution in [0.25, 0.3) is 0 Å². The Morgan fingerprint density at radius 3 is 2.00 bits per heavy atom. The van der Waals surface area contributed by atoms with E-state index in [9.17, 15) is 9.59 Å². The Balaban J connectivity index is 4.25. The van der Waals surface area contributed by atoms with E-state index in [-0.39, 0.29) is 18.5 Å². The number of esters is 1. The zero-order chi connectivity index (χ0) is 23.7. The summed E-state index contributed by atoms with van der Waals surface area (Å²) in [5, 5.41) is 8.73. The smallest absolute Gasteiger partial charge is 0.306 e. The van der Waals surface area contributed by atoms with Crippen molar-refractivity contribution in [3.05, 3.63) is 24.3 Å². The maximum atomic E-state index is 12.3. The molecule has 0 amide bonds. The summed E-state index contributed by atoms with van der Waals surface area (Å²) in [6, 6.07) is 0. The van der Waals surface area contributed by atoms with Crippen LogP contribution in [0.15, 0.2) is 24.3 Å². The van der Waals surface area contributed by atoms with Crippen LogP contribution < -0.4 is 0 Å². The van der Waals surface area contributed by atoms with Crippen LogP contribution in [0.1, 0.15) is 136 Å². The molecule has 4 nitrogen and oxygen atoms in total. The topological polar surface area (TPSA) is 63.6 Å². The number of carboxylic acid groups (broad SMARTS) is 1. The van der Waals surface area contributed by atoms with Gasteiger partial charge in [0.25, 0.3) is 0 Å². The molecule has 0 saturated carbocycles. The van der Waals surface area contributed by atoms with Crippen molar-refractivity contribution in [1.29, 1.82) is 0 Å². The number of ether oxygens (including phenoxy) is 1. The monoisotopic (exact) mass is 450 g/mol. The van der Waals surface area contributed by atoms with E-state index >= 15 is 0 Å². The van der Waals surface area contributed by atoms with E-state index in [1.807, 2.05) is 6.08 Å². The van der Waals surface area contributed by atoms with Crippen molar-refractivity contribution in [3.63, 3.8) is 0 Å². The van der Waals surface area contributed by atoms with Crippen molar-refractivity contribution in [1.82, 2.24) is 0 Å². The third kappa shape index (κ3) is 23.1. The Kier molecular flexibility index (Phi) is 22.9. The molecule has 0 aliphatic carbocycles. The molecular formula is C28H50O4. The molecule has 0 saturated heterocycles. The van der Waals surface area contributed by atoms with Crippen molar-refractivity contribution in [2.24, 2.45) is 0 Å². The van der Waals surface area contributed by atoms with Crippen molar-refractivity contribution < 1.29 is 19.4 Å². The molecule has 0 bridgehead atoms. The third-order valence-electron chi connectivity index (χ3n) is 5.66. The molecule has 32 heavy (non-hydrogen) atoms. The van der Waals surface area contributed by atoms with Gasteiger partial charge < -0.3 is 9.84 Å². The number of carbonyl (C=O) groups excluding carboxylic acids is 1. The van der Waals surface area contributed by atoms with Crippen LogP contribution in [0, 0.1) is 0 Å². The number of allylic oxidation sites excluding steroid dienone is 3. The molecule has 0 aromatic rings. The fraction of sp³-hybridized carbons (Fsp3) is 0.786. The van der Waals surface area contributed by atoms with Gasteiger partial charge in [0.1, 0.15) is 6.10 Å². The molecule has 1 unspecified atom stereocenters. The van der Waals surface area contributed by atoms with Gasteiger partial charge in [0.05, 0.1) is 0 Å². The summed E-state index contributed by atoms with van der Waals surface area (Å²) in [6.45, 7) is 4.44. The Labute approximate surface area is 197 Å². The quantitative estimate of drug-likeness (QED) is 0.0962. The predicted molar refractivity (Wildman–Crippen MR) is 135 cm³/mol. The van der Waals surface area contributed by atoms with Gasteiger partial charge in [0, 0.05) is 12.8 Å². The normalized spacial score (nSPS) is 12.6. The molecule has 1 N–H and O–H groups in total. The van der Waals surface area contributed by atoms with Gasteiger partial charge in [-0.05, 0) is 51.0 Å². The van der Waals surface area contributed by atoms with E-state index in [1.54, 1.807) is 0 Å². The highest BCUT2D eigenvalue weighted by atomic mass is 16.5. The first-order valence-electron chi connectivity index (χ1n) is 13.3. The average Bonchev–Trinajstić information content (AvgIpc) is 2.76. The lowest BCUT2D eigenvalue weighted by atomic mass is 10.1. The van der Waals surface area contributed by atoms with Crippen molar-refractivity contribution in [3.8, 4) is 0 Å². The van der Waals surface area contributed by atoms with E-state index in [4.69, 9.17) is 9.84 Å². The fourth-order valence-electron chi connectivity index (χ4n) is 3.66. The Hall–Kier alpha value is -1.58. The molecule has 0 spiro atoms. The van der Waals surface area contributed by atoms with E-state index in [0.717, 1.165) is 57.8 Å². The van der Waals surface area contributed by atoms with Crippen LogP contribution in [-0.2, 0) is 14.3 Å². The molecule has 0 aliphatic heterocycles. The van der Waals surface area contributed by atoms with Crippen molar-refractivity contribution in [2.75, 3.05) is 0 Å².